The van der Waals surface area contributed by atoms with E-state index >= 15 is 0 Å². The van der Waals surface area contributed by atoms with Crippen LogP contribution >= 0.6 is 0 Å². The average molecular weight is 431 g/mol. The van der Waals surface area contributed by atoms with Crippen molar-refractivity contribution in [2.45, 2.75) is 58.0 Å². The quantitative estimate of drug-likeness (QED) is 0.338. The fourth-order valence-corrected chi connectivity index (χ4v) is 4.27. The minimum Gasteiger partial charge on any atom is -0.381 e. The van der Waals surface area contributed by atoms with Gasteiger partial charge >= 0.3 is 0 Å². The fourth-order valence-electron chi connectivity index (χ4n) is 4.27. The van der Waals surface area contributed by atoms with Crippen LogP contribution in [0.1, 0.15) is 56.1 Å². The molecule has 1 aromatic carbocycles. The highest BCUT2D eigenvalue weighted by atomic mass is 16.5. The first-order valence-corrected chi connectivity index (χ1v) is 12.2. The second kappa shape index (κ2) is 14.4. The monoisotopic (exact) mass is 430 g/mol. The summed E-state index contributed by atoms with van der Waals surface area (Å²) < 4.78 is 11.2. The predicted octanol–water partition coefficient (Wildman–Crippen LogP) is 3.56. The molecule has 2 fully saturated rings. The number of ether oxygens (including phenoxy) is 2. The third-order valence-corrected chi connectivity index (χ3v) is 6.26. The number of nitrogens with zero attached hydrogens (tertiary/aromatic N) is 2. The Kier molecular flexibility index (Phi) is 11.2. The summed E-state index contributed by atoms with van der Waals surface area (Å²) in [4.78, 5) is 6.93. The van der Waals surface area contributed by atoms with E-state index in [9.17, 15) is 0 Å². The highest BCUT2D eigenvalue weighted by Gasteiger charge is 2.13. The summed E-state index contributed by atoms with van der Waals surface area (Å²) in [6.45, 7) is 8.64. The number of nitrogens with one attached hydrogen (secondary N) is 2. The molecule has 0 amide bonds. The maximum absolute atomic E-state index is 5.83. The lowest BCUT2D eigenvalue weighted by atomic mass is 10.0. The zero-order valence-corrected chi connectivity index (χ0v) is 19.4. The Hall–Kier alpha value is -1.63. The lowest BCUT2D eigenvalue weighted by molar-refractivity contribution is 0.0203. The summed E-state index contributed by atoms with van der Waals surface area (Å²) >= 11 is 0. The average Bonchev–Trinajstić information content (AvgIpc) is 3.08. The topological polar surface area (TPSA) is 58.1 Å². The number of hydrogen-bond acceptors (Lipinski definition) is 4. The first kappa shape index (κ1) is 24.0. The van der Waals surface area contributed by atoms with E-state index in [0.29, 0.717) is 5.92 Å². The van der Waals surface area contributed by atoms with Crippen molar-refractivity contribution >= 4 is 5.96 Å². The van der Waals surface area contributed by atoms with Crippen LogP contribution in [-0.4, -0.2) is 64.0 Å². The molecule has 0 aliphatic carbocycles. The van der Waals surface area contributed by atoms with Gasteiger partial charge < -0.3 is 20.1 Å². The van der Waals surface area contributed by atoms with Crippen molar-refractivity contribution in [1.29, 1.82) is 0 Å². The van der Waals surface area contributed by atoms with Crippen LogP contribution in [0.15, 0.2) is 29.3 Å². The van der Waals surface area contributed by atoms with Crippen molar-refractivity contribution in [3.05, 3.63) is 35.4 Å². The third-order valence-electron chi connectivity index (χ3n) is 6.26. The van der Waals surface area contributed by atoms with E-state index in [1.165, 1.54) is 49.9 Å². The number of hydrogen-bond donors (Lipinski definition) is 2. The van der Waals surface area contributed by atoms with Crippen LogP contribution in [0.4, 0.5) is 0 Å². The lowest BCUT2D eigenvalue weighted by Gasteiger charge is -2.21. The normalized spacial score (nSPS) is 19.2. The molecule has 0 bridgehead atoms. The number of benzene rings is 1. The molecular formula is C25H42N4O2. The van der Waals surface area contributed by atoms with Crippen LogP contribution in [0.2, 0.25) is 0 Å². The van der Waals surface area contributed by atoms with Gasteiger partial charge in [0.05, 0.1) is 0 Å². The van der Waals surface area contributed by atoms with Crippen LogP contribution in [0, 0.1) is 5.92 Å². The Labute approximate surface area is 188 Å². The van der Waals surface area contributed by atoms with Crippen molar-refractivity contribution in [1.82, 2.24) is 15.5 Å². The first-order valence-electron chi connectivity index (χ1n) is 12.2. The summed E-state index contributed by atoms with van der Waals surface area (Å²) in [5.41, 5.74) is 2.69. The van der Waals surface area contributed by atoms with Gasteiger partial charge in [-0.25, -0.2) is 0 Å². The summed E-state index contributed by atoms with van der Waals surface area (Å²) in [5, 5.41) is 6.79. The van der Waals surface area contributed by atoms with E-state index in [-0.39, 0.29) is 0 Å². The van der Waals surface area contributed by atoms with Crippen molar-refractivity contribution in [2.24, 2.45) is 10.9 Å². The van der Waals surface area contributed by atoms with Crippen LogP contribution in [0.3, 0.4) is 0 Å². The molecule has 0 unspecified atom stereocenters. The van der Waals surface area contributed by atoms with Crippen molar-refractivity contribution in [3.8, 4) is 0 Å². The van der Waals surface area contributed by atoms with Crippen LogP contribution in [0.5, 0.6) is 0 Å². The number of rotatable bonds is 10. The smallest absolute Gasteiger partial charge is 0.191 e. The largest absolute Gasteiger partial charge is 0.381 e. The van der Waals surface area contributed by atoms with Gasteiger partial charge in [0.25, 0.3) is 0 Å². The Morgan fingerprint density at radius 2 is 1.74 bits per heavy atom. The molecule has 3 rings (SSSR count). The van der Waals surface area contributed by atoms with Gasteiger partial charge in [-0.3, -0.25) is 9.89 Å². The summed E-state index contributed by atoms with van der Waals surface area (Å²) in [6.07, 6.45) is 8.71. The number of likely N-dealkylation sites (tertiary alicyclic amines) is 1. The van der Waals surface area contributed by atoms with Gasteiger partial charge in [-0.15, -0.1) is 0 Å². The molecule has 174 valence electrons. The zero-order chi connectivity index (χ0) is 21.6. The van der Waals surface area contributed by atoms with E-state index < -0.39 is 0 Å². The summed E-state index contributed by atoms with van der Waals surface area (Å²) in [6, 6.07) is 9.01. The third kappa shape index (κ3) is 9.58. The first-order chi connectivity index (χ1) is 15.3. The summed E-state index contributed by atoms with van der Waals surface area (Å²) in [5.74, 6) is 1.52. The maximum Gasteiger partial charge on any atom is 0.191 e. The van der Waals surface area contributed by atoms with E-state index in [4.69, 9.17) is 9.47 Å². The van der Waals surface area contributed by atoms with Gasteiger partial charge in [-0.05, 0) is 62.2 Å². The Morgan fingerprint density at radius 1 is 1.03 bits per heavy atom. The molecule has 6 nitrogen and oxygen atoms in total. The molecule has 0 radical (unpaired) electrons. The standard InChI is InChI=1S/C25H42N4O2/c1-26-25(27-13-6-16-31-21-24-11-17-30-18-12-24)28-19-22-7-9-23(10-8-22)20-29-14-4-2-3-5-15-29/h7-10,24H,2-6,11-21H2,1H3,(H2,26,27,28). The van der Waals surface area contributed by atoms with Crippen molar-refractivity contribution in [3.63, 3.8) is 0 Å². The van der Waals surface area contributed by atoms with Gasteiger partial charge in [0.2, 0.25) is 0 Å². The highest BCUT2D eigenvalue weighted by molar-refractivity contribution is 5.79. The van der Waals surface area contributed by atoms with Gasteiger partial charge in [-0.2, -0.15) is 0 Å². The molecule has 0 atom stereocenters. The molecule has 2 saturated heterocycles. The Morgan fingerprint density at radius 3 is 2.45 bits per heavy atom. The summed E-state index contributed by atoms with van der Waals surface area (Å²) in [7, 11) is 1.82. The Balaban J connectivity index is 1.27. The van der Waals surface area contributed by atoms with Gasteiger partial charge in [0.1, 0.15) is 0 Å². The molecule has 2 N–H and O–H groups in total. The molecular weight excluding hydrogens is 388 g/mol. The van der Waals surface area contributed by atoms with Gasteiger partial charge in [-0.1, -0.05) is 37.1 Å². The van der Waals surface area contributed by atoms with Crippen LogP contribution in [0.25, 0.3) is 0 Å². The molecule has 2 heterocycles. The van der Waals surface area contributed by atoms with E-state index in [1.54, 1.807) is 0 Å². The van der Waals surface area contributed by atoms with E-state index in [1.807, 2.05) is 7.05 Å². The minimum absolute atomic E-state index is 0.673. The van der Waals surface area contributed by atoms with Crippen molar-refractivity contribution < 1.29 is 9.47 Å². The Bertz CT molecular complexity index is 621. The molecule has 0 aromatic heterocycles. The zero-order valence-electron chi connectivity index (χ0n) is 19.4. The molecule has 31 heavy (non-hydrogen) atoms. The van der Waals surface area contributed by atoms with Gasteiger partial charge in [0.15, 0.2) is 5.96 Å². The molecule has 6 heteroatoms. The predicted molar refractivity (Wildman–Crippen MR) is 127 cm³/mol. The van der Waals surface area contributed by atoms with Crippen LogP contribution in [-0.2, 0) is 22.6 Å². The second-order valence-electron chi connectivity index (χ2n) is 8.84. The van der Waals surface area contributed by atoms with E-state index in [2.05, 4.69) is 44.8 Å². The fraction of sp³-hybridized carbons (Fsp3) is 0.720. The lowest BCUT2D eigenvalue weighted by Crippen LogP contribution is -2.37. The number of guanidine groups is 1. The van der Waals surface area contributed by atoms with Crippen LogP contribution < -0.4 is 10.6 Å². The van der Waals surface area contributed by atoms with Crippen molar-refractivity contribution in [2.75, 3.05) is 53.1 Å². The molecule has 1 aromatic rings. The SMILES string of the molecule is CN=C(NCCCOCC1CCOCC1)NCc1ccc(CN2CCCCCC2)cc1. The van der Waals surface area contributed by atoms with Gasteiger partial charge in [0, 0.05) is 53.1 Å². The number of aliphatic imine (C=N–C) groups is 1. The highest BCUT2D eigenvalue weighted by Crippen LogP contribution is 2.15. The molecule has 0 saturated carbocycles. The second-order valence-corrected chi connectivity index (χ2v) is 8.84. The molecule has 2 aliphatic heterocycles. The molecule has 0 spiro atoms. The van der Waals surface area contributed by atoms with E-state index in [0.717, 1.165) is 71.3 Å². The minimum atomic E-state index is 0.673. The maximum atomic E-state index is 5.83. The molecule has 2 aliphatic rings.